The molecule has 0 unspecified atom stereocenters. The molecule has 3 rings (SSSR count). The summed E-state index contributed by atoms with van der Waals surface area (Å²) in [7, 11) is 0. The summed E-state index contributed by atoms with van der Waals surface area (Å²) in [5, 5.41) is 14.3. The Hall–Kier alpha value is -2.95. The van der Waals surface area contributed by atoms with Crippen LogP contribution in [0.15, 0.2) is 30.9 Å². The largest absolute Gasteiger partial charge is 0.358 e. The van der Waals surface area contributed by atoms with Gasteiger partial charge in [-0.2, -0.15) is 10.2 Å². The van der Waals surface area contributed by atoms with Gasteiger partial charge in [-0.05, 0) is 19.1 Å². The number of aryl methyl sites for hydroxylation is 1. The van der Waals surface area contributed by atoms with Gasteiger partial charge < -0.3 is 10.6 Å². The molecular weight excluding hydrogens is 396 g/mol. The minimum absolute atomic E-state index is 0.302. The highest BCUT2D eigenvalue weighted by molar-refractivity contribution is 7.80. The van der Waals surface area contributed by atoms with Crippen molar-refractivity contribution in [3.63, 3.8) is 0 Å². The first-order chi connectivity index (χ1) is 13.4. The van der Waals surface area contributed by atoms with E-state index in [-0.39, 0.29) is 0 Å². The predicted molar refractivity (Wildman–Crippen MR) is 98.6 cm³/mol. The lowest BCUT2D eigenvalue weighted by Crippen LogP contribution is -2.27. The zero-order valence-electron chi connectivity index (χ0n) is 14.7. The zero-order chi connectivity index (χ0) is 20.3. The summed E-state index contributed by atoms with van der Waals surface area (Å²) in [6.07, 6.45) is 6.43. The molecule has 0 fully saturated rings. The fraction of sp³-hybridized carbons (Fsp3) is 0.235. The van der Waals surface area contributed by atoms with Crippen molar-refractivity contribution >= 4 is 23.0 Å². The maximum atomic E-state index is 13.8. The number of nitrogens with zero attached hydrogens (tertiary/aromatic N) is 4. The van der Waals surface area contributed by atoms with Crippen LogP contribution in [-0.2, 0) is 19.6 Å². The van der Waals surface area contributed by atoms with Gasteiger partial charge in [0.1, 0.15) is 5.82 Å². The quantitative estimate of drug-likeness (QED) is 0.282. The summed E-state index contributed by atoms with van der Waals surface area (Å²) in [6, 6.07) is 0.302. The molecule has 0 radical (unpaired) electrons. The van der Waals surface area contributed by atoms with Gasteiger partial charge in [-0.1, -0.05) is 0 Å². The number of rotatable bonds is 6. The summed E-state index contributed by atoms with van der Waals surface area (Å²) in [5.74, 6) is -6.07. The van der Waals surface area contributed by atoms with Crippen LogP contribution in [0.1, 0.15) is 18.1 Å². The van der Waals surface area contributed by atoms with E-state index >= 15 is 0 Å². The molecule has 0 aliphatic rings. The number of hydrogen-bond donors (Lipinski definition) is 2. The molecule has 2 aromatic heterocycles. The number of benzene rings is 1. The summed E-state index contributed by atoms with van der Waals surface area (Å²) < 4.78 is 56.8. The highest BCUT2D eigenvalue weighted by Gasteiger charge is 2.19. The normalized spacial score (nSPS) is 10.9. The molecule has 0 amide bonds. The first kappa shape index (κ1) is 19.8. The number of halogens is 4. The maximum Gasteiger partial charge on any atom is 0.194 e. The van der Waals surface area contributed by atoms with Crippen molar-refractivity contribution in [2.45, 2.75) is 26.6 Å². The van der Waals surface area contributed by atoms with Gasteiger partial charge in [-0.15, -0.1) is 0 Å². The molecule has 0 atom stereocenters. The number of nitrogens with one attached hydrogen (secondary N) is 2. The molecule has 0 bridgehead atoms. The highest BCUT2D eigenvalue weighted by Crippen LogP contribution is 2.20. The molecular formula is C17H16F4N6S. The Morgan fingerprint density at radius 3 is 2.50 bits per heavy atom. The smallest absolute Gasteiger partial charge is 0.194 e. The fourth-order valence-electron chi connectivity index (χ4n) is 2.45. The molecule has 0 aliphatic heterocycles. The first-order valence-electron chi connectivity index (χ1n) is 8.28. The van der Waals surface area contributed by atoms with Gasteiger partial charge >= 0.3 is 0 Å². The standard InChI is InChI=1S/C17H16F4N6S/c1-2-26-7-10(5-23-26)4-22-17(28)25-11-6-24-27(8-11)9-12-13(18)3-14(19)16(21)15(12)20/h3,5-8H,2,4,9H2,1H3,(H2,22,25,28). The topological polar surface area (TPSA) is 59.7 Å². The van der Waals surface area contributed by atoms with E-state index in [1.165, 1.54) is 17.1 Å². The van der Waals surface area contributed by atoms with Gasteiger partial charge in [0.2, 0.25) is 0 Å². The highest BCUT2D eigenvalue weighted by atomic mass is 32.1. The Bertz CT molecular complexity index is 1000. The molecule has 0 spiro atoms. The third-order valence-corrected chi connectivity index (χ3v) is 4.13. The molecule has 3 aromatic rings. The minimum Gasteiger partial charge on any atom is -0.358 e. The second kappa shape index (κ2) is 8.38. The summed E-state index contributed by atoms with van der Waals surface area (Å²) in [6.45, 7) is 2.80. The van der Waals surface area contributed by atoms with Gasteiger partial charge in [0.05, 0.1) is 24.6 Å². The Morgan fingerprint density at radius 2 is 1.79 bits per heavy atom. The minimum atomic E-state index is -1.72. The number of aromatic nitrogens is 4. The monoisotopic (exact) mass is 412 g/mol. The van der Waals surface area contributed by atoms with E-state index in [0.29, 0.717) is 23.4 Å². The molecule has 28 heavy (non-hydrogen) atoms. The van der Waals surface area contributed by atoms with Gasteiger partial charge in [-0.25, -0.2) is 17.6 Å². The van der Waals surface area contributed by atoms with E-state index in [1.54, 1.807) is 10.9 Å². The molecule has 148 valence electrons. The Morgan fingerprint density at radius 1 is 1.04 bits per heavy atom. The van der Waals surface area contributed by atoms with Crippen molar-refractivity contribution in [3.8, 4) is 0 Å². The SMILES string of the molecule is CCn1cc(CNC(=S)Nc2cnn(Cc3c(F)cc(F)c(F)c3F)c2)cn1. The van der Waals surface area contributed by atoms with E-state index < -0.39 is 35.4 Å². The first-order valence-corrected chi connectivity index (χ1v) is 8.68. The van der Waals surface area contributed by atoms with E-state index in [2.05, 4.69) is 20.8 Å². The van der Waals surface area contributed by atoms with Crippen LogP contribution in [0.2, 0.25) is 0 Å². The van der Waals surface area contributed by atoms with E-state index in [4.69, 9.17) is 12.2 Å². The predicted octanol–water partition coefficient (Wildman–Crippen LogP) is 3.19. The maximum absolute atomic E-state index is 13.8. The average molecular weight is 412 g/mol. The second-order valence-electron chi connectivity index (χ2n) is 5.89. The van der Waals surface area contributed by atoms with Gasteiger partial charge in [0.15, 0.2) is 22.6 Å². The second-order valence-corrected chi connectivity index (χ2v) is 6.29. The lowest BCUT2D eigenvalue weighted by molar-refractivity contribution is 0.420. The molecule has 0 saturated heterocycles. The molecule has 1 aromatic carbocycles. The summed E-state index contributed by atoms with van der Waals surface area (Å²) in [4.78, 5) is 0. The van der Waals surface area contributed by atoms with Crippen LogP contribution in [0.3, 0.4) is 0 Å². The molecule has 2 heterocycles. The van der Waals surface area contributed by atoms with E-state index in [1.807, 2.05) is 13.1 Å². The Kier molecular flexibility index (Phi) is 5.93. The number of thiocarbonyl (C=S) groups is 1. The van der Waals surface area contributed by atoms with Crippen molar-refractivity contribution < 1.29 is 17.6 Å². The lowest BCUT2D eigenvalue weighted by atomic mass is 10.2. The molecule has 2 N–H and O–H groups in total. The van der Waals surface area contributed by atoms with Crippen molar-refractivity contribution in [2.75, 3.05) is 5.32 Å². The van der Waals surface area contributed by atoms with Crippen molar-refractivity contribution in [3.05, 3.63) is 65.2 Å². The summed E-state index contributed by atoms with van der Waals surface area (Å²) in [5.41, 5.74) is 0.790. The van der Waals surface area contributed by atoms with Crippen molar-refractivity contribution in [1.82, 2.24) is 24.9 Å². The molecule has 0 aliphatic carbocycles. The molecule has 6 nitrogen and oxygen atoms in total. The zero-order valence-corrected chi connectivity index (χ0v) is 15.5. The van der Waals surface area contributed by atoms with Crippen LogP contribution in [0.4, 0.5) is 23.2 Å². The van der Waals surface area contributed by atoms with Crippen LogP contribution < -0.4 is 10.6 Å². The Balaban J connectivity index is 1.60. The molecule has 0 saturated carbocycles. The molecule has 11 heteroatoms. The van der Waals surface area contributed by atoms with E-state index in [9.17, 15) is 17.6 Å². The number of anilines is 1. The fourth-order valence-corrected chi connectivity index (χ4v) is 2.64. The third-order valence-electron chi connectivity index (χ3n) is 3.88. The van der Waals surface area contributed by atoms with E-state index in [0.717, 1.165) is 12.1 Å². The van der Waals surface area contributed by atoms with Crippen molar-refractivity contribution in [2.24, 2.45) is 0 Å². The van der Waals surface area contributed by atoms with Crippen LogP contribution >= 0.6 is 12.2 Å². The van der Waals surface area contributed by atoms with Crippen LogP contribution in [0.5, 0.6) is 0 Å². The van der Waals surface area contributed by atoms with Crippen LogP contribution in [0.25, 0.3) is 0 Å². The average Bonchev–Trinajstić information content (AvgIpc) is 3.31. The lowest BCUT2D eigenvalue weighted by Gasteiger charge is -2.08. The van der Waals surface area contributed by atoms with Gasteiger partial charge in [0.25, 0.3) is 0 Å². The Labute approximate surface area is 163 Å². The van der Waals surface area contributed by atoms with Crippen molar-refractivity contribution in [1.29, 1.82) is 0 Å². The van der Waals surface area contributed by atoms with Gasteiger partial charge in [0, 0.05) is 42.7 Å². The number of hydrogen-bond acceptors (Lipinski definition) is 3. The van der Waals surface area contributed by atoms with Gasteiger partial charge in [-0.3, -0.25) is 9.36 Å². The summed E-state index contributed by atoms with van der Waals surface area (Å²) >= 11 is 5.18. The van der Waals surface area contributed by atoms with Crippen LogP contribution in [-0.4, -0.2) is 24.7 Å². The third kappa shape index (κ3) is 4.47. The van der Waals surface area contributed by atoms with Crippen LogP contribution in [0, 0.1) is 23.3 Å².